The van der Waals surface area contributed by atoms with Gasteiger partial charge in [-0.25, -0.2) is 0 Å². The Hall–Kier alpha value is -3.06. The molecule has 0 atom stereocenters. The largest absolute Gasteiger partial charge is 0.347 e. The molecule has 7 heteroatoms. The third-order valence-electron chi connectivity index (χ3n) is 5.04. The molecule has 0 fully saturated rings. The van der Waals surface area contributed by atoms with Gasteiger partial charge in [0.1, 0.15) is 0 Å². The van der Waals surface area contributed by atoms with E-state index in [1.165, 1.54) is 17.3 Å². The second kappa shape index (κ2) is 8.36. The number of aromatic nitrogens is 4. The third kappa shape index (κ3) is 3.98. The molecule has 0 unspecified atom stereocenters. The molecular formula is C23H25N5OS. The normalized spacial score (nSPS) is 11.2. The van der Waals surface area contributed by atoms with E-state index in [9.17, 15) is 4.79 Å². The first-order valence-corrected chi connectivity index (χ1v) is 10.9. The van der Waals surface area contributed by atoms with Gasteiger partial charge in [-0.1, -0.05) is 36.0 Å². The predicted octanol–water partition coefficient (Wildman–Crippen LogP) is 4.80. The van der Waals surface area contributed by atoms with Crippen LogP contribution in [0.3, 0.4) is 0 Å². The van der Waals surface area contributed by atoms with Crippen LogP contribution in [0.15, 0.2) is 53.8 Å². The van der Waals surface area contributed by atoms with Gasteiger partial charge in [-0.15, -0.1) is 10.2 Å². The van der Waals surface area contributed by atoms with Crippen LogP contribution in [0.1, 0.15) is 18.1 Å². The number of para-hydroxylation sites is 1. The molecule has 6 nitrogen and oxygen atoms in total. The van der Waals surface area contributed by atoms with Gasteiger partial charge in [0.05, 0.1) is 5.75 Å². The summed E-state index contributed by atoms with van der Waals surface area (Å²) >= 11 is 1.39. The summed E-state index contributed by atoms with van der Waals surface area (Å²) in [5.41, 5.74) is 5.31. The lowest BCUT2D eigenvalue weighted by molar-refractivity contribution is -0.113. The number of rotatable bonds is 6. The first-order valence-electron chi connectivity index (χ1n) is 9.95. The van der Waals surface area contributed by atoms with E-state index in [1.54, 1.807) is 0 Å². The van der Waals surface area contributed by atoms with Crippen molar-refractivity contribution in [2.45, 2.75) is 32.5 Å². The highest BCUT2D eigenvalue weighted by molar-refractivity contribution is 7.99. The summed E-state index contributed by atoms with van der Waals surface area (Å²) in [5.74, 6) is 1.02. The molecule has 2 aromatic heterocycles. The van der Waals surface area contributed by atoms with Crippen LogP contribution in [0, 0.1) is 13.8 Å². The minimum absolute atomic E-state index is 0.0582. The van der Waals surface area contributed by atoms with E-state index in [4.69, 9.17) is 0 Å². The topological polar surface area (TPSA) is 64.7 Å². The SMILES string of the molecule is CCn1cc(-c2nnc(SCC(=O)Nc3cc(C)cc(C)c3)n2C)c2ccccc21. The number of aryl methyl sites for hydroxylation is 3. The van der Waals surface area contributed by atoms with Gasteiger partial charge >= 0.3 is 0 Å². The summed E-state index contributed by atoms with van der Waals surface area (Å²) < 4.78 is 4.17. The zero-order chi connectivity index (χ0) is 21.3. The lowest BCUT2D eigenvalue weighted by Gasteiger charge is -2.07. The van der Waals surface area contributed by atoms with E-state index in [-0.39, 0.29) is 11.7 Å². The maximum absolute atomic E-state index is 12.4. The van der Waals surface area contributed by atoms with E-state index in [1.807, 2.05) is 49.7 Å². The molecule has 0 aliphatic rings. The molecule has 1 amide bonds. The Kier molecular flexibility index (Phi) is 5.63. The number of nitrogens with zero attached hydrogens (tertiary/aromatic N) is 4. The minimum Gasteiger partial charge on any atom is -0.347 e. The molecule has 0 aliphatic carbocycles. The van der Waals surface area contributed by atoms with Gasteiger partial charge < -0.3 is 14.5 Å². The molecule has 0 saturated carbocycles. The molecule has 1 N–H and O–H groups in total. The highest BCUT2D eigenvalue weighted by Gasteiger charge is 2.17. The maximum atomic E-state index is 12.4. The Morgan fingerprint density at radius 2 is 1.83 bits per heavy atom. The lowest BCUT2D eigenvalue weighted by Crippen LogP contribution is -2.14. The smallest absolute Gasteiger partial charge is 0.234 e. The highest BCUT2D eigenvalue weighted by Crippen LogP contribution is 2.31. The summed E-state index contributed by atoms with van der Waals surface area (Å²) in [5, 5.41) is 13.6. The molecule has 0 spiro atoms. The van der Waals surface area contributed by atoms with Crippen molar-refractivity contribution in [3.05, 3.63) is 59.8 Å². The number of hydrogen-bond donors (Lipinski definition) is 1. The van der Waals surface area contributed by atoms with E-state index >= 15 is 0 Å². The number of fused-ring (bicyclic) bond motifs is 1. The van der Waals surface area contributed by atoms with E-state index < -0.39 is 0 Å². The van der Waals surface area contributed by atoms with Crippen LogP contribution in [-0.2, 0) is 18.4 Å². The van der Waals surface area contributed by atoms with Gasteiger partial charge in [-0.3, -0.25) is 4.79 Å². The lowest BCUT2D eigenvalue weighted by atomic mass is 10.1. The second-order valence-electron chi connectivity index (χ2n) is 7.42. The molecule has 154 valence electrons. The van der Waals surface area contributed by atoms with Crippen LogP contribution in [0.25, 0.3) is 22.3 Å². The highest BCUT2D eigenvalue weighted by atomic mass is 32.2. The van der Waals surface area contributed by atoms with E-state index in [0.29, 0.717) is 5.16 Å². The Bertz CT molecular complexity index is 1200. The molecule has 0 saturated heterocycles. The van der Waals surface area contributed by atoms with Crippen molar-refractivity contribution in [3.63, 3.8) is 0 Å². The quantitative estimate of drug-likeness (QED) is 0.456. The fourth-order valence-electron chi connectivity index (χ4n) is 3.74. The fraction of sp³-hybridized carbons (Fsp3) is 0.261. The number of benzene rings is 2. The molecule has 4 rings (SSSR count). The van der Waals surface area contributed by atoms with Crippen LogP contribution >= 0.6 is 11.8 Å². The average Bonchev–Trinajstić information content (AvgIpc) is 3.25. The second-order valence-corrected chi connectivity index (χ2v) is 8.37. The standard InChI is InChI=1S/C23H25N5OS/c1-5-28-13-19(18-8-6-7-9-20(18)28)22-25-26-23(27(22)4)30-14-21(29)24-17-11-15(2)10-16(3)12-17/h6-13H,5,14H2,1-4H3,(H,24,29). The molecule has 0 aliphatic heterocycles. The van der Waals surface area contributed by atoms with Crippen LogP contribution in [0.2, 0.25) is 0 Å². The average molecular weight is 420 g/mol. The molecular weight excluding hydrogens is 394 g/mol. The Morgan fingerprint density at radius 3 is 2.57 bits per heavy atom. The maximum Gasteiger partial charge on any atom is 0.234 e. The predicted molar refractivity (Wildman–Crippen MR) is 123 cm³/mol. The van der Waals surface area contributed by atoms with Crippen molar-refractivity contribution >= 4 is 34.3 Å². The zero-order valence-electron chi connectivity index (χ0n) is 17.6. The van der Waals surface area contributed by atoms with Crippen molar-refractivity contribution in [3.8, 4) is 11.4 Å². The van der Waals surface area contributed by atoms with Gasteiger partial charge in [0, 0.05) is 41.9 Å². The van der Waals surface area contributed by atoms with E-state index in [0.717, 1.165) is 40.1 Å². The zero-order valence-corrected chi connectivity index (χ0v) is 18.5. The monoisotopic (exact) mass is 419 g/mol. The van der Waals surface area contributed by atoms with Crippen molar-refractivity contribution in [2.24, 2.45) is 7.05 Å². The van der Waals surface area contributed by atoms with Crippen molar-refractivity contribution in [1.82, 2.24) is 19.3 Å². The Labute approximate surface area is 180 Å². The summed E-state index contributed by atoms with van der Waals surface area (Å²) in [6, 6.07) is 14.3. The number of hydrogen-bond acceptors (Lipinski definition) is 4. The van der Waals surface area contributed by atoms with Crippen molar-refractivity contribution < 1.29 is 4.79 Å². The van der Waals surface area contributed by atoms with Gasteiger partial charge in [-0.2, -0.15) is 0 Å². The third-order valence-corrected chi connectivity index (χ3v) is 6.06. The number of nitrogens with one attached hydrogen (secondary N) is 1. The summed E-state index contributed by atoms with van der Waals surface area (Å²) in [7, 11) is 1.94. The minimum atomic E-state index is -0.0582. The van der Waals surface area contributed by atoms with Gasteiger partial charge in [-0.05, 0) is 50.1 Å². The van der Waals surface area contributed by atoms with Gasteiger partial charge in [0.25, 0.3) is 0 Å². The van der Waals surface area contributed by atoms with Crippen molar-refractivity contribution in [2.75, 3.05) is 11.1 Å². The molecule has 30 heavy (non-hydrogen) atoms. The van der Waals surface area contributed by atoms with Gasteiger partial charge in [0.15, 0.2) is 11.0 Å². The summed E-state index contributed by atoms with van der Waals surface area (Å²) in [6.45, 7) is 7.06. The number of carbonyl (C=O) groups excluding carboxylic acids is 1. The fourth-order valence-corrected chi connectivity index (χ4v) is 4.45. The van der Waals surface area contributed by atoms with Crippen LogP contribution in [0.5, 0.6) is 0 Å². The molecule has 4 aromatic rings. The molecule has 2 aromatic carbocycles. The Balaban J connectivity index is 1.51. The van der Waals surface area contributed by atoms with Crippen molar-refractivity contribution in [1.29, 1.82) is 0 Å². The first-order chi connectivity index (χ1) is 14.5. The molecule has 0 bridgehead atoms. The molecule has 0 radical (unpaired) electrons. The number of amides is 1. The number of anilines is 1. The van der Waals surface area contributed by atoms with Crippen LogP contribution < -0.4 is 5.32 Å². The number of thioether (sulfide) groups is 1. The number of carbonyl (C=O) groups is 1. The van der Waals surface area contributed by atoms with Gasteiger partial charge in [0.2, 0.25) is 5.91 Å². The molecule has 2 heterocycles. The van der Waals surface area contributed by atoms with Crippen LogP contribution in [-0.4, -0.2) is 31.0 Å². The van der Waals surface area contributed by atoms with Crippen LogP contribution in [0.4, 0.5) is 5.69 Å². The summed E-state index contributed by atoms with van der Waals surface area (Å²) in [4.78, 5) is 12.4. The first kappa shape index (κ1) is 20.2. The summed E-state index contributed by atoms with van der Waals surface area (Å²) in [6.07, 6.45) is 2.12. The Morgan fingerprint density at radius 1 is 1.10 bits per heavy atom. The van der Waals surface area contributed by atoms with E-state index in [2.05, 4.69) is 51.4 Å².